The molecule has 1 aromatic heterocycles. The van der Waals surface area contributed by atoms with Crippen LogP contribution >= 0.6 is 0 Å². The molecular formula is C17H16N4O4. The number of aryl methyl sites for hydroxylation is 1. The van der Waals surface area contributed by atoms with Crippen molar-refractivity contribution in [2.75, 3.05) is 12.4 Å². The number of nitrogens with zero attached hydrogens (tertiary/aromatic N) is 3. The van der Waals surface area contributed by atoms with E-state index in [1.807, 2.05) is 19.1 Å². The molecule has 0 saturated heterocycles. The van der Waals surface area contributed by atoms with E-state index in [9.17, 15) is 14.9 Å². The summed E-state index contributed by atoms with van der Waals surface area (Å²) in [5, 5.41) is 18.6. The number of nitro groups is 1. The van der Waals surface area contributed by atoms with Crippen molar-refractivity contribution in [3.63, 3.8) is 0 Å². The fourth-order valence-corrected chi connectivity index (χ4v) is 2.54. The average molecular weight is 340 g/mol. The Kier molecular flexibility index (Phi) is 4.34. The molecule has 1 N–H and O–H groups in total. The Morgan fingerprint density at radius 2 is 2.12 bits per heavy atom. The van der Waals surface area contributed by atoms with Crippen molar-refractivity contribution in [1.29, 1.82) is 0 Å². The minimum atomic E-state index is -0.478. The van der Waals surface area contributed by atoms with Gasteiger partial charge in [-0.15, -0.1) is 0 Å². The normalized spacial score (nSPS) is 10.6. The molecule has 3 rings (SSSR count). The van der Waals surface area contributed by atoms with Gasteiger partial charge in [0.25, 0.3) is 5.69 Å². The number of carbonyl (C=O) groups is 1. The molecule has 128 valence electrons. The van der Waals surface area contributed by atoms with E-state index < -0.39 is 4.92 Å². The first-order valence-corrected chi connectivity index (χ1v) is 7.52. The van der Waals surface area contributed by atoms with Crippen molar-refractivity contribution >= 4 is 28.2 Å². The number of benzene rings is 2. The molecule has 3 aromatic rings. The second-order valence-electron chi connectivity index (χ2n) is 5.55. The van der Waals surface area contributed by atoms with E-state index in [0.717, 1.165) is 10.9 Å². The van der Waals surface area contributed by atoms with Crippen LogP contribution in [0.5, 0.6) is 5.75 Å². The third kappa shape index (κ3) is 3.42. The Hall–Kier alpha value is -3.42. The number of nitrogens with one attached hydrogen (secondary N) is 1. The van der Waals surface area contributed by atoms with Crippen molar-refractivity contribution in [3.05, 3.63) is 58.3 Å². The number of fused-ring (bicyclic) bond motifs is 1. The Balaban J connectivity index is 1.84. The lowest BCUT2D eigenvalue weighted by Gasteiger charge is -2.11. The number of non-ortho nitro benzene ring substituents is 1. The number of ether oxygens (including phenoxy) is 1. The number of aromatic nitrogens is 2. The number of hydrogen-bond acceptors (Lipinski definition) is 5. The van der Waals surface area contributed by atoms with E-state index in [-0.39, 0.29) is 18.1 Å². The SMILES string of the molecule is COc1ccc(C)cc1NC(=O)Cn1ncc2ccc([N+](=O)[O-])cc21. The summed E-state index contributed by atoms with van der Waals surface area (Å²) in [5.41, 5.74) is 2.03. The fourth-order valence-electron chi connectivity index (χ4n) is 2.54. The molecule has 0 saturated carbocycles. The molecule has 0 atom stereocenters. The third-order valence-electron chi connectivity index (χ3n) is 3.76. The van der Waals surface area contributed by atoms with Crippen LogP contribution in [0.25, 0.3) is 10.9 Å². The van der Waals surface area contributed by atoms with E-state index in [0.29, 0.717) is 17.0 Å². The highest BCUT2D eigenvalue weighted by Gasteiger charge is 2.13. The van der Waals surface area contributed by atoms with Crippen LogP contribution in [0.15, 0.2) is 42.6 Å². The second-order valence-corrected chi connectivity index (χ2v) is 5.55. The van der Waals surface area contributed by atoms with Gasteiger partial charge in [-0.05, 0) is 30.7 Å². The summed E-state index contributed by atoms with van der Waals surface area (Å²) in [6.45, 7) is 1.84. The summed E-state index contributed by atoms with van der Waals surface area (Å²) in [6.07, 6.45) is 1.57. The van der Waals surface area contributed by atoms with Crippen molar-refractivity contribution < 1.29 is 14.5 Å². The van der Waals surface area contributed by atoms with Gasteiger partial charge in [0.05, 0.1) is 29.4 Å². The third-order valence-corrected chi connectivity index (χ3v) is 3.76. The number of methoxy groups -OCH3 is 1. The molecule has 0 aliphatic rings. The topological polar surface area (TPSA) is 99.3 Å². The van der Waals surface area contributed by atoms with Gasteiger partial charge in [-0.25, -0.2) is 0 Å². The molecule has 0 fully saturated rings. The first-order chi connectivity index (χ1) is 12.0. The standard InChI is InChI=1S/C17H16N4O4/c1-11-3-6-16(25-2)14(7-11)19-17(22)10-20-15-8-13(21(23)24)5-4-12(15)9-18-20/h3-9H,10H2,1-2H3,(H,19,22). The van der Waals surface area contributed by atoms with Gasteiger partial charge in [0.15, 0.2) is 0 Å². The minimum absolute atomic E-state index is 0.0463. The number of rotatable bonds is 5. The van der Waals surface area contributed by atoms with E-state index in [1.54, 1.807) is 18.3 Å². The first-order valence-electron chi connectivity index (χ1n) is 7.52. The average Bonchev–Trinajstić information content (AvgIpc) is 2.97. The molecule has 1 amide bonds. The summed E-state index contributed by atoms with van der Waals surface area (Å²) in [5.74, 6) is 0.250. The first kappa shape index (κ1) is 16.4. The van der Waals surface area contributed by atoms with Gasteiger partial charge in [-0.2, -0.15) is 5.10 Å². The molecule has 0 radical (unpaired) electrons. The molecule has 8 nitrogen and oxygen atoms in total. The molecule has 0 aliphatic heterocycles. The van der Waals surface area contributed by atoms with Gasteiger partial charge in [-0.1, -0.05) is 6.07 Å². The molecule has 25 heavy (non-hydrogen) atoms. The molecule has 0 unspecified atom stereocenters. The Morgan fingerprint density at radius 3 is 2.84 bits per heavy atom. The largest absolute Gasteiger partial charge is 0.495 e. The zero-order chi connectivity index (χ0) is 18.0. The molecule has 1 heterocycles. The van der Waals surface area contributed by atoms with Gasteiger partial charge in [0.2, 0.25) is 5.91 Å². The smallest absolute Gasteiger partial charge is 0.271 e. The van der Waals surface area contributed by atoms with Crippen molar-refractivity contribution in [3.8, 4) is 5.75 Å². The van der Waals surface area contributed by atoms with Gasteiger partial charge in [0, 0.05) is 17.5 Å². The lowest BCUT2D eigenvalue weighted by molar-refractivity contribution is -0.384. The highest BCUT2D eigenvalue weighted by atomic mass is 16.6. The van der Waals surface area contributed by atoms with E-state index >= 15 is 0 Å². The molecule has 0 spiro atoms. The number of carbonyl (C=O) groups excluding carboxylic acids is 1. The van der Waals surface area contributed by atoms with Crippen LogP contribution in [0.3, 0.4) is 0 Å². The van der Waals surface area contributed by atoms with Gasteiger partial charge >= 0.3 is 0 Å². The molecular weight excluding hydrogens is 324 g/mol. The van der Waals surface area contributed by atoms with Gasteiger partial charge in [0.1, 0.15) is 12.3 Å². The zero-order valence-corrected chi connectivity index (χ0v) is 13.7. The number of hydrogen-bond donors (Lipinski definition) is 1. The number of nitro benzene ring substituents is 1. The van der Waals surface area contributed by atoms with Crippen LogP contribution < -0.4 is 10.1 Å². The van der Waals surface area contributed by atoms with Gasteiger partial charge < -0.3 is 10.1 Å². The lowest BCUT2D eigenvalue weighted by Crippen LogP contribution is -2.19. The molecule has 2 aromatic carbocycles. The van der Waals surface area contributed by atoms with Crippen molar-refractivity contribution in [2.45, 2.75) is 13.5 Å². The highest BCUT2D eigenvalue weighted by molar-refractivity contribution is 5.93. The lowest BCUT2D eigenvalue weighted by atomic mass is 10.2. The second kappa shape index (κ2) is 6.60. The summed E-state index contributed by atoms with van der Waals surface area (Å²) < 4.78 is 6.67. The fraction of sp³-hybridized carbons (Fsp3) is 0.176. The van der Waals surface area contributed by atoms with Crippen molar-refractivity contribution in [1.82, 2.24) is 9.78 Å². The van der Waals surface area contributed by atoms with E-state index in [2.05, 4.69) is 10.4 Å². The number of anilines is 1. The Bertz CT molecular complexity index is 964. The highest BCUT2D eigenvalue weighted by Crippen LogP contribution is 2.25. The van der Waals surface area contributed by atoms with Crippen LogP contribution in [-0.2, 0) is 11.3 Å². The summed E-state index contributed by atoms with van der Waals surface area (Å²) in [7, 11) is 1.53. The Morgan fingerprint density at radius 1 is 1.32 bits per heavy atom. The van der Waals surface area contributed by atoms with Crippen molar-refractivity contribution in [2.24, 2.45) is 0 Å². The van der Waals surface area contributed by atoms with Gasteiger partial charge in [-0.3, -0.25) is 19.6 Å². The van der Waals surface area contributed by atoms with Crippen LogP contribution in [-0.4, -0.2) is 27.7 Å². The quantitative estimate of drug-likeness (QED) is 0.569. The van der Waals surface area contributed by atoms with Crippen LogP contribution in [0, 0.1) is 17.0 Å². The zero-order valence-electron chi connectivity index (χ0n) is 13.7. The summed E-state index contributed by atoms with van der Waals surface area (Å²) >= 11 is 0. The number of amides is 1. The van der Waals surface area contributed by atoms with E-state index in [4.69, 9.17) is 4.74 Å². The monoisotopic (exact) mass is 340 g/mol. The molecule has 0 bridgehead atoms. The minimum Gasteiger partial charge on any atom is -0.495 e. The van der Waals surface area contributed by atoms with Crippen LogP contribution in [0.1, 0.15) is 5.56 Å². The van der Waals surface area contributed by atoms with Crippen LogP contribution in [0.2, 0.25) is 0 Å². The Labute approximate surface area is 143 Å². The predicted octanol–water partition coefficient (Wildman–Crippen LogP) is 2.90. The molecule has 0 aliphatic carbocycles. The van der Waals surface area contributed by atoms with Crippen LogP contribution in [0.4, 0.5) is 11.4 Å². The predicted molar refractivity (Wildman–Crippen MR) is 92.7 cm³/mol. The maximum atomic E-state index is 12.4. The van der Waals surface area contributed by atoms with E-state index in [1.165, 1.54) is 23.9 Å². The maximum Gasteiger partial charge on any atom is 0.271 e. The molecule has 8 heteroatoms. The maximum absolute atomic E-state index is 12.4. The summed E-state index contributed by atoms with van der Waals surface area (Å²) in [6, 6.07) is 9.89. The summed E-state index contributed by atoms with van der Waals surface area (Å²) in [4.78, 5) is 22.8.